The molecule has 1 fully saturated rings. The number of hydrogen-bond acceptors (Lipinski definition) is 6. The predicted octanol–water partition coefficient (Wildman–Crippen LogP) is 5.27. The van der Waals surface area contributed by atoms with Gasteiger partial charge in [-0.1, -0.05) is 87.5 Å². The highest BCUT2D eigenvalue weighted by Crippen LogP contribution is 2.40. The van der Waals surface area contributed by atoms with E-state index in [-0.39, 0.29) is 23.9 Å². The van der Waals surface area contributed by atoms with Crippen molar-refractivity contribution in [1.82, 2.24) is 0 Å². The Morgan fingerprint density at radius 3 is 2.17 bits per heavy atom. The van der Waals surface area contributed by atoms with Gasteiger partial charge in [0.1, 0.15) is 6.61 Å². The summed E-state index contributed by atoms with van der Waals surface area (Å²) in [6, 6.07) is 21.4. The Labute approximate surface area is 240 Å². The van der Waals surface area contributed by atoms with Crippen molar-refractivity contribution in [3.63, 3.8) is 0 Å². The van der Waals surface area contributed by atoms with Gasteiger partial charge in [-0.3, -0.25) is 4.79 Å². The summed E-state index contributed by atoms with van der Waals surface area (Å²) >= 11 is 0. The van der Waals surface area contributed by atoms with Gasteiger partial charge in [-0.25, -0.2) is 0 Å². The maximum absolute atomic E-state index is 11.2. The van der Waals surface area contributed by atoms with E-state index in [2.05, 4.69) is 93.6 Å². The second kappa shape index (κ2) is 12.7. The SMILES string of the molecule is CC(=O)OCC(C)(O)CC[C@@H]1CC=C[C@]2(CCC[C@H](CO[Si](c3ccccc3)(c3ccccc3)C(C)(C)C)O2)O1. The van der Waals surface area contributed by atoms with Crippen LogP contribution in [0.15, 0.2) is 72.8 Å². The van der Waals surface area contributed by atoms with E-state index in [1.54, 1.807) is 6.92 Å². The van der Waals surface area contributed by atoms with Gasteiger partial charge in [0.15, 0.2) is 5.79 Å². The third-order valence-electron chi connectivity index (χ3n) is 8.05. The van der Waals surface area contributed by atoms with Gasteiger partial charge in [-0.15, -0.1) is 0 Å². The average Bonchev–Trinajstić information content (AvgIpc) is 2.92. The number of benzene rings is 2. The quantitative estimate of drug-likeness (QED) is 0.240. The Morgan fingerprint density at radius 1 is 1.00 bits per heavy atom. The summed E-state index contributed by atoms with van der Waals surface area (Å²) in [6.45, 7) is 10.4. The number of carbonyl (C=O) groups is 1. The summed E-state index contributed by atoms with van der Waals surface area (Å²) in [5, 5.41) is 13.1. The number of esters is 1. The van der Waals surface area contributed by atoms with Crippen molar-refractivity contribution >= 4 is 24.7 Å². The Balaban J connectivity index is 1.47. The Hall–Kier alpha value is -2.29. The molecule has 1 spiro atoms. The maximum Gasteiger partial charge on any atom is 0.302 e. The van der Waals surface area contributed by atoms with Crippen molar-refractivity contribution in [1.29, 1.82) is 0 Å². The maximum atomic E-state index is 11.2. The number of hydrogen-bond donors (Lipinski definition) is 1. The van der Waals surface area contributed by atoms with Gasteiger partial charge in [0, 0.05) is 13.3 Å². The monoisotopic (exact) mass is 566 g/mol. The molecule has 0 amide bonds. The molecule has 4 rings (SSSR count). The number of ether oxygens (including phenoxy) is 3. The molecule has 0 radical (unpaired) electrons. The highest BCUT2D eigenvalue weighted by atomic mass is 28.4. The second-order valence-electron chi connectivity index (χ2n) is 12.6. The molecule has 2 aromatic rings. The Kier molecular flexibility index (Phi) is 9.73. The first-order valence-corrected chi connectivity index (χ1v) is 16.5. The first kappa shape index (κ1) is 30.7. The molecule has 0 aromatic heterocycles. The molecule has 2 aliphatic rings. The molecule has 6 nitrogen and oxygen atoms in total. The van der Waals surface area contributed by atoms with E-state index < -0.39 is 25.7 Å². The van der Waals surface area contributed by atoms with E-state index in [1.807, 2.05) is 0 Å². The largest absolute Gasteiger partial charge is 0.463 e. The van der Waals surface area contributed by atoms with Gasteiger partial charge in [-0.2, -0.15) is 0 Å². The number of carbonyl (C=O) groups excluding carboxylic acids is 1. The molecule has 1 unspecified atom stereocenters. The van der Waals surface area contributed by atoms with E-state index in [9.17, 15) is 9.90 Å². The molecule has 218 valence electrons. The Morgan fingerprint density at radius 2 is 1.60 bits per heavy atom. The molecular formula is C33H46O6Si. The molecule has 4 atom stereocenters. The zero-order valence-corrected chi connectivity index (χ0v) is 25.7. The van der Waals surface area contributed by atoms with E-state index in [0.717, 1.165) is 25.7 Å². The molecule has 1 saturated heterocycles. The minimum Gasteiger partial charge on any atom is -0.463 e. The summed E-state index contributed by atoms with van der Waals surface area (Å²) in [6.07, 6.45) is 8.60. The van der Waals surface area contributed by atoms with Crippen LogP contribution in [0, 0.1) is 0 Å². The fourth-order valence-electron chi connectivity index (χ4n) is 6.03. The van der Waals surface area contributed by atoms with E-state index in [4.69, 9.17) is 18.6 Å². The molecule has 2 heterocycles. The van der Waals surface area contributed by atoms with Crippen molar-refractivity contribution in [2.75, 3.05) is 13.2 Å². The molecule has 7 heteroatoms. The van der Waals surface area contributed by atoms with Gasteiger partial charge in [0.25, 0.3) is 8.32 Å². The van der Waals surface area contributed by atoms with E-state index in [1.165, 1.54) is 17.3 Å². The topological polar surface area (TPSA) is 74.2 Å². The number of rotatable bonds is 10. The fourth-order valence-corrected chi connectivity index (χ4v) is 10.6. The zero-order chi connectivity index (χ0) is 28.9. The van der Waals surface area contributed by atoms with Crippen LogP contribution in [-0.4, -0.2) is 56.2 Å². The lowest BCUT2D eigenvalue weighted by atomic mass is 9.94. The van der Waals surface area contributed by atoms with Crippen LogP contribution in [0.3, 0.4) is 0 Å². The first-order chi connectivity index (χ1) is 18.9. The van der Waals surface area contributed by atoms with Crippen LogP contribution in [-0.2, 0) is 23.4 Å². The van der Waals surface area contributed by atoms with E-state index >= 15 is 0 Å². The molecular weight excluding hydrogens is 520 g/mol. The third-order valence-corrected chi connectivity index (χ3v) is 13.1. The van der Waals surface area contributed by atoms with Gasteiger partial charge in [0.2, 0.25) is 0 Å². The lowest BCUT2D eigenvalue weighted by Gasteiger charge is -2.46. The molecule has 40 heavy (non-hydrogen) atoms. The van der Waals surface area contributed by atoms with Gasteiger partial charge < -0.3 is 23.7 Å². The van der Waals surface area contributed by atoms with Crippen molar-refractivity contribution < 1.29 is 28.5 Å². The normalized spacial score (nSPS) is 24.9. The zero-order valence-electron chi connectivity index (χ0n) is 24.7. The molecule has 2 aliphatic heterocycles. The summed E-state index contributed by atoms with van der Waals surface area (Å²) in [4.78, 5) is 11.2. The fraction of sp³-hybridized carbons (Fsp3) is 0.545. The van der Waals surface area contributed by atoms with Crippen LogP contribution in [0.1, 0.15) is 73.1 Å². The summed E-state index contributed by atoms with van der Waals surface area (Å²) < 4.78 is 25.5. The minimum atomic E-state index is -2.66. The van der Waals surface area contributed by atoms with Crippen LogP contribution >= 0.6 is 0 Å². The molecule has 0 bridgehead atoms. The predicted molar refractivity (Wildman–Crippen MR) is 160 cm³/mol. The minimum absolute atomic E-state index is 0.0197. The van der Waals surface area contributed by atoms with Crippen molar-refractivity contribution in [3.05, 3.63) is 72.8 Å². The van der Waals surface area contributed by atoms with Crippen molar-refractivity contribution in [2.45, 2.75) is 102 Å². The van der Waals surface area contributed by atoms with Crippen LogP contribution in [0.2, 0.25) is 5.04 Å². The first-order valence-electron chi connectivity index (χ1n) is 14.6. The summed E-state index contributed by atoms with van der Waals surface area (Å²) in [7, 11) is -2.66. The van der Waals surface area contributed by atoms with E-state index in [0.29, 0.717) is 19.4 Å². The smallest absolute Gasteiger partial charge is 0.302 e. The van der Waals surface area contributed by atoms with Gasteiger partial charge in [0.05, 0.1) is 24.4 Å². The molecule has 2 aromatic carbocycles. The summed E-state index contributed by atoms with van der Waals surface area (Å²) in [5.74, 6) is -1.17. The van der Waals surface area contributed by atoms with Gasteiger partial charge >= 0.3 is 5.97 Å². The Bertz CT molecular complexity index is 1090. The van der Waals surface area contributed by atoms with Crippen LogP contribution < -0.4 is 10.4 Å². The highest BCUT2D eigenvalue weighted by molar-refractivity contribution is 6.99. The van der Waals surface area contributed by atoms with Crippen LogP contribution in [0.25, 0.3) is 0 Å². The lowest BCUT2D eigenvalue weighted by molar-refractivity contribution is -0.278. The second-order valence-corrected chi connectivity index (χ2v) is 16.9. The molecule has 0 aliphatic carbocycles. The number of aliphatic hydroxyl groups is 1. The van der Waals surface area contributed by atoms with Crippen LogP contribution in [0.5, 0.6) is 0 Å². The molecule has 0 saturated carbocycles. The standard InChI is InChI=1S/C33H46O6Si/c1-26(34)36-25-32(5,35)23-20-27-14-12-21-33(38-27)22-13-15-28(39-33)24-37-40(31(2,3)4,29-16-8-6-9-17-29)30-18-10-7-11-19-30/h6-12,16-19,21,27-28,35H,13-15,20,22-25H2,1-5H3/t27-,28+,32?,33-/m0/s1. The molecule has 1 N–H and O–H groups in total. The average molecular weight is 567 g/mol. The van der Waals surface area contributed by atoms with Gasteiger partial charge in [-0.05, 0) is 60.5 Å². The summed E-state index contributed by atoms with van der Waals surface area (Å²) in [5.41, 5.74) is -1.09. The van der Waals surface area contributed by atoms with Crippen LogP contribution in [0.4, 0.5) is 0 Å². The lowest BCUT2D eigenvalue weighted by Crippen LogP contribution is -2.67. The highest BCUT2D eigenvalue weighted by Gasteiger charge is 2.51. The van der Waals surface area contributed by atoms with Crippen molar-refractivity contribution in [2.24, 2.45) is 0 Å². The third kappa shape index (κ3) is 7.31. The van der Waals surface area contributed by atoms with Crippen molar-refractivity contribution in [3.8, 4) is 0 Å².